The van der Waals surface area contributed by atoms with Crippen LogP contribution < -0.4 is 0 Å². The molecule has 1 atom stereocenters. The average Bonchev–Trinajstić information content (AvgIpc) is 2.38. The lowest BCUT2D eigenvalue weighted by Crippen LogP contribution is -2.46. The van der Waals surface area contributed by atoms with Crippen LogP contribution in [0.1, 0.15) is 30.9 Å². The van der Waals surface area contributed by atoms with Gasteiger partial charge < -0.3 is 9.64 Å². The molecule has 2 aliphatic rings. The van der Waals surface area contributed by atoms with Crippen LogP contribution in [0, 0.1) is 5.92 Å². The van der Waals surface area contributed by atoms with E-state index in [9.17, 15) is 4.79 Å². The Hall–Kier alpha value is -1.35. The Morgan fingerprint density at radius 3 is 2.67 bits per heavy atom. The van der Waals surface area contributed by atoms with Crippen LogP contribution in [-0.2, 0) is 9.53 Å². The van der Waals surface area contributed by atoms with E-state index in [1.54, 1.807) is 0 Å². The molecule has 96 valence electrons. The molecule has 0 spiro atoms. The summed E-state index contributed by atoms with van der Waals surface area (Å²) < 4.78 is 5.78. The average molecular weight is 245 g/mol. The molecule has 18 heavy (non-hydrogen) atoms. The normalized spacial score (nSPS) is 24.7. The molecule has 1 saturated carbocycles. The molecule has 3 rings (SSSR count). The summed E-state index contributed by atoms with van der Waals surface area (Å²) in [5.41, 5.74) is 1.17. The van der Waals surface area contributed by atoms with Crippen molar-refractivity contribution in [2.24, 2.45) is 5.92 Å². The van der Waals surface area contributed by atoms with E-state index < -0.39 is 0 Å². The van der Waals surface area contributed by atoms with Crippen molar-refractivity contribution in [3.8, 4) is 0 Å². The third kappa shape index (κ3) is 2.27. The topological polar surface area (TPSA) is 29.5 Å². The van der Waals surface area contributed by atoms with Crippen LogP contribution in [0.2, 0.25) is 0 Å². The summed E-state index contributed by atoms with van der Waals surface area (Å²) in [7, 11) is 0. The van der Waals surface area contributed by atoms with Gasteiger partial charge in [-0.3, -0.25) is 4.79 Å². The Morgan fingerprint density at radius 2 is 2.00 bits per heavy atom. The Kier molecular flexibility index (Phi) is 3.33. The monoisotopic (exact) mass is 245 g/mol. The number of hydrogen-bond donors (Lipinski definition) is 0. The van der Waals surface area contributed by atoms with Crippen molar-refractivity contribution in [1.82, 2.24) is 4.90 Å². The fourth-order valence-corrected chi connectivity index (χ4v) is 2.63. The first-order valence-electron chi connectivity index (χ1n) is 6.80. The smallest absolute Gasteiger partial charge is 0.225 e. The van der Waals surface area contributed by atoms with Gasteiger partial charge in [0.25, 0.3) is 0 Å². The van der Waals surface area contributed by atoms with Crippen LogP contribution in [0.3, 0.4) is 0 Å². The highest BCUT2D eigenvalue weighted by Gasteiger charge is 2.32. The Morgan fingerprint density at radius 1 is 1.22 bits per heavy atom. The first-order chi connectivity index (χ1) is 8.84. The summed E-state index contributed by atoms with van der Waals surface area (Å²) in [5, 5.41) is 0. The van der Waals surface area contributed by atoms with Gasteiger partial charge in [0, 0.05) is 12.5 Å². The molecule has 0 N–H and O–H groups in total. The van der Waals surface area contributed by atoms with Crippen LogP contribution in [0.4, 0.5) is 0 Å². The number of rotatable bonds is 2. The van der Waals surface area contributed by atoms with Crippen LogP contribution >= 0.6 is 0 Å². The van der Waals surface area contributed by atoms with Crippen molar-refractivity contribution in [2.45, 2.75) is 25.4 Å². The van der Waals surface area contributed by atoms with E-state index in [-0.39, 0.29) is 6.10 Å². The number of nitrogens with zero attached hydrogens (tertiary/aromatic N) is 1. The van der Waals surface area contributed by atoms with Crippen LogP contribution in [0.25, 0.3) is 0 Å². The number of carbonyl (C=O) groups is 1. The molecule has 1 aliphatic carbocycles. The van der Waals surface area contributed by atoms with Crippen LogP contribution in [0.5, 0.6) is 0 Å². The van der Waals surface area contributed by atoms with Gasteiger partial charge in [0.05, 0.1) is 13.2 Å². The largest absolute Gasteiger partial charge is 0.370 e. The Balaban J connectivity index is 1.66. The number of amides is 1. The maximum atomic E-state index is 12.2. The minimum Gasteiger partial charge on any atom is -0.370 e. The molecule has 1 aliphatic heterocycles. The fourth-order valence-electron chi connectivity index (χ4n) is 2.63. The van der Waals surface area contributed by atoms with Crippen molar-refractivity contribution in [1.29, 1.82) is 0 Å². The van der Waals surface area contributed by atoms with Crippen molar-refractivity contribution in [3.63, 3.8) is 0 Å². The molecule has 1 aromatic rings. The third-order valence-corrected chi connectivity index (χ3v) is 4.00. The van der Waals surface area contributed by atoms with Gasteiger partial charge in [0.1, 0.15) is 6.10 Å². The van der Waals surface area contributed by atoms with E-state index in [1.165, 1.54) is 12.0 Å². The number of hydrogen-bond acceptors (Lipinski definition) is 2. The molecule has 0 bridgehead atoms. The fraction of sp³-hybridized carbons (Fsp3) is 0.533. The molecule has 2 fully saturated rings. The number of morpholine rings is 1. The van der Waals surface area contributed by atoms with Gasteiger partial charge >= 0.3 is 0 Å². The van der Waals surface area contributed by atoms with Gasteiger partial charge in [0.2, 0.25) is 5.91 Å². The highest BCUT2D eigenvalue weighted by Crippen LogP contribution is 2.30. The first kappa shape index (κ1) is 11.7. The zero-order valence-electron chi connectivity index (χ0n) is 10.5. The maximum Gasteiger partial charge on any atom is 0.225 e. The second-order valence-electron chi connectivity index (χ2n) is 5.18. The zero-order chi connectivity index (χ0) is 12.4. The Labute approximate surface area is 108 Å². The third-order valence-electron chi connectivity index (χ3n) is 4.00. The van der Waals surface area contributed by atoms with E-state index in [0.29, 0.717) is 25.0 Å². The minimum absolute atomic E-state index is 0.0453. The van der Waals surface area contributed by atoms with Gasteiger partial charge in [-0.15, -0.1) is 0 Å². The van der Waals surface area contributed by atoms with Crippen molar-refractivity contribution in [3.05, 3.63) is 35.9 Å². The lowest BCUT2D eigenvalue weighted by atomic mass is 9.84. The van der Waals surface area contributed by atoms with Gasteiger partial charge in [-0.05, 0) is 18.4 Å². The molecule has 3 nitrogen and oxygen atoms in total. The summed E-state index contributed by atoms with van der Waals surface area (Å²) >= 11 is 0. The van der Waals surface area contributed by atoms with Gasteiger partial charge in [0.15, 0.2) is 0 Å². The second kappa shape index (κ2) is 5.11. The molecule has 0 unspecified atom stereocenters. The number of benzene rings is 1. The summed E-state index contributed by atoms with van der Waals surface area (Å²) in [5.74, 6) is 0.630. The lowest BCUT2D eigenvalue weighted by Gasteiger charge is -2.37. The van der Waals surface area contributed by atoms with Gasteiger partial charge in [-0.2, -0.15) is 0 Å². The standard InChI is InChI=1S/C15H19NO2/c17-15(13-7-4-8-13)16-9-10-18-14(11-16)12-5-2-1-3-6-12/h1-3,5-6,13-14H,4,7-11H2/t14-/m0/s1. The summed E-state index contributed by atoms with van der Waals surface area (Å²) in [6.07, 6.45) is 3.41. The van der Waals surface area contributed by atoms with Crippen LogP contribution in [-0.4, -0.2) is 30.5 Å². The molecule has 1 heterocycles. The van der Waals surface area contributed by atoms with E-state index in [2.05, 4.69) is 12.1 Å². The van der Waals surface area contributed by atoms with E-state index in [4.69, 9.17) is 4.74 Å². The predicted molar refractivity (Wildman–Crippen MR) is 69.1 cm³/mol. The summed E-state index contributed by atoms with van der Waals surface area (Å²) in [4.78, 5) is 14.2. The quantitative estimate of drug-likeness (QED) is 0.800. The molecule has 1 saturated heterocycles. The maximum absolute atomic E-state index is 12.2. The number of ether oxygens (including phenoxy) is 1. The molecule has 0 aromatic heterocycles. The van der Waals surface area contributed by atoms with Gasteiger partial charge in [-0.1, -0.05) is 36.8 Å². The lowest BCUT2D eigenvalue weighted by molar-refractivity contribution is -0.146. The molecular formula is C15H19NO2. The number of carbonyl (C=O) groups excluding carboxylic acids is 1. The summed E-state index contributed by atoms with van der Waals surface area (Å²) in [6.45, 7) is 2.11. The SMILES string of the molecule is O=C(C1CCC1)N1CCO[C@H](c2ccccc2)C1. The molecule has 0 radical (unpaired) electrons. The summed E-state index contributed by atoms with van der Waals surface area (Å²) in [6, 6.07) is 10.2. The van der Waals surface area contributed by atoms with Crippen molar-refractivity contribution < 1.29 is 9.53 Å². The molecule has 3 heteroatoms. The molecule has 1 aromatic carbocycles. The predicted octanol–water partition coefficient (Wildman–Crippen LogP) is 2.39. The van der Waals surface area contributed by atoms with E-state index in [1.807, 2.05) is 23.1 Å². The first-order valence-corrected chi connectivity index (χ1v) is 6.80. The minimum atomic E-state index is 0.0453. The van der Waals surface area contributed by atoms with Gasteiger partial charge in [-0.25, -0.2) is 0 Å². The van der Waals surface area contributed by atoms with E-state index >= 15 is 0 Å². The Bertz CT molecular complexity index is 414. The second-order valence-corrected chi connectivity index (χ2v) is 5.18. The highest BCUT2D eigenvalue weighted by atomic mass is 16.5. The molecule has 1 amide bonds. The highest BCUT2D eigenvalue weighted by molar-refractivity contribution is 5.79. The van der Waals surface area contributed by atoms with Crippen LogP contribution in [0.15, 0.2) is 30.3 Å². The van der Waals surface area contributed by atoms with Crippen molar-refractivity contribution >= 4 is 5.91 Å². The van der Waals surface area contributed by atoms with E-state index in [0.717, 1.165) is 19.4 Å². The molecular weight excluding hydrogens is 226 g/mol. The zero-order valence-corrected chi connectivity index (χ0v) is 10.5. The van der Waals surface area contributed by atoms with Crippen molar-refractivity contribution in [2.75, 3.05) is 19.7 Å².